The maximum Gasteiger partial charge on any atom is 0.319 e. The van der Waals surface area contributed by atoms with Crippen molar-refractivity contribution >= 4 is 17.4 Å². The van der Waals surface area contributed by atoms with Gasteiger partial charge in [0.15, 0.2) is 0 Å². The van der Waals surface area contributed by atoms with E-state index >= 15 is 0 Å². The van der Waals surface area contributed by atoms with Gasteiger partial charge in [0.25, 0.3) is 5.69 Å². The highest BCUT2D eigenvalue weighted by molar-refractivity contribution is 5.89. The molecule has 1 fully saturated rings. The number of benzene rings is 1. The van der Waals surface area contributed by atoms with Crippen molar-refractivity contribution in [3.8, 4) is 0 Å². The first kappa shape index (κ1) is 14.3. The summed E-state index contributed by atoms with van der Waals surface area (Å²) in [6.45, 7) is 3.24. The Balaban J connectivity index is 1.92. The van der Waals surface area contributed by atoms with E-state index in [0.717, 1.165) is 12.8 Å². The van der Waals surface area contributed by atoms with Crippen molar-refractivity contribution in [1.82, 2.24) is 5.32 Å². The summed E-state index contributed by atoms with van der Waals surface area (Å²) in [6.07, 6.45) is 1.53. The first-order valence-electron chi connectivity index (χ1n) is 6.40. The molecule has 0 aliphatic carbocycles. The van der Waals surface area contributed by atoms with Crippen molar-refractivity contribution in [3.05, 3.63) is 34.4 Å². The lowest BCUT2D eigenvalue weighted by Crippen LogP contribution is -2.51. The SMILES string of the molecule is CC1(NC(=O)Nc2ccc([N+](=O)[O-])cc2)CCOCC1. The van der Waals surface area contributed by atoms with Gasteiger partial charge in [0.05, 0.1) is 4.92 Å². The number of rotatable bonds is 3. The fourth-order valence-electron chi connectivity index (χ4n) is 2.05. The summed E-state index contributed by atoms with van der Waals surface area (Å²) in [5.74, 6) is 0. The number of nitrogens with one attached hydrogen (secondary N) is 2. The van der Waals surface area contributed by atoms with Gasteiger partial charge in [-0.25, -0.2) is 4.79 Å². The maximum atomic E-state index is 11.9. The van der Waals surface area contributed by atoms with Crippen LogP contribution in [0.4, 0.5) is 16.2 Å². The van der Waals surface area contributed by atoms with E-state index in [4.69, 9.17) is 4.74 Å². The van der Waals surface area contributed by atoms with E-state index in [0.29, 0.717) is 18.9 Å². The van der Waals surface area contributed by atoms with Crippen molar-refractivity contribution in [2.24, 2.45) is 0 Å². The fourth-order valence-corrected chi connectivity index (χ4v) is 2.05. The molecule has 0 radical (unpaired) electrons. The molecule has 2 rings (SSSR count). The summed E-state index contributed by atoms with van der Waals surface area (Å²) < 4.78 is 5.26. The molecule has 1 heterocycles. The van der Waals surface area contributed by atoms with Gasteiger partial charge >= 0.3 is 6.03 Å². The summed E-state index contributed by atoms with van der Waals surface area (Å²) in [6, 6.07) is 5.40. The van der Waals surface area contributed by atoms with Crippen LogP contribution in [0.1, 0.15) is 19.8 Å². The van der Waals surface area contributed by atoms with E-state index in [-0.39, 0.29) is 17.3 Å². The van der Waals surface area contributed by atoms with Gasteiger partial charge in [0.2, 0.25) is 0 Å². The number of carbonyl (C=O) groups is 1. The molecule has 0 atom stereocenters. The minimum Gasteiger partial charge on any atom is -0.381 e. The number of urea groups is 1. The Hall–Kier alpha value is -2.15. The van der Waals surface area contributed by atoms with E-state index < -0.39 is 4.92 Å². The van der Waals surface area contributed by atoms with Crippen LogP contribution >= 0.6 is 0 Å². The molecule has 0 spiro atoms. The van der Waals surface area contributed by atoms with Crippen LogP contribution in [-0.4, -0.2) is 29.7 Å². The third-order valence-electron chi connectivity index (χ3n) is 3.35. The maximum absolute atomic E-state index is 11.9. The van der Waals surface area contributed by atoms with Gasteiger partial charge < -0.3 is 15.4 Å². The molecule has 0 bridgehead atoms. The second-order valence-corrected chi connectivity index (χ2v) is 5.06. The zero-order valence-corrected chi connectivity index (χ0v) is 11.2. The van der Waals surface area contributed by atoms with Crippen LogP contribution < -0.4 is 10.6 Å². The van der Waals surface area contributed by atoms with E-state index in [1.807, 2.05) is 6.92 Å². The fraction of sp³-hybridized carbons (Fsp3) is 0.462. The van der Waals surface area contributed by atoms with Gasteiger partial charge in [0, 0.05) is 36.6 Å². The van der Waals surface area contributed by atoms with E-state index in [9.17, 15) is 14.9 Å². The molecule has 108 valence electrons. The van der Waals surface area contributed by atoms with E-state index in [1.54, 1.807) is 0 Å². The van der Waals surface area contributed by atoms with E-state index in [1.165, 1.54) is 24.3 Å². The highest BCUT2D eigenvalue weighted by atomic mass is 16.6. The summed E-state index contributed by atoms with van der Waals surface area (Å²) in [4.78, 5) is 22.0. The van der Waals surface area contributed by atoms with Crippen LogP contribution in [0.3, 0.4) is 0 Å². The number of hydrogen-bond donors (Lipinski definition) is 2. The normalized spacial score (nSPS) is 17.2. The summed E-state index contributed by atoms with van der Waals surface area (Å²) in [7, 11) is 0. The number of nitro benzene ring substituents is 1. The predicted molar refractivity (Wildman–Crippen MR) is 73.7 cm³/mol. The van der Waals surface area contributed by atoms with E-state index in [2.05, 4.69) is 10.6 Å². The Morgan fingerprint density at radius 3 is 2.45 bits per heavy atom. The van der Waals surface area contributed by atoms with Crippen molar-refractivity contribution in [2.45, 2.75) is 25.3 Å². The Kier molecular flexibility index (Phi) is 4.19. The number of anilines is 1. The van der Waals surface area contributed by atoms with Crippen LogP contribution in [0.2, 0.25) is 0 Å². The van der Waals surface area contributed by atoms with Crippen LogP contribution in [0.5, 0.6) is 0 Å². The number of amides is 2. The third-order valence-corrected chi connectivity index (χ3v) is 3.35. The molecule has 1 aliphatic heterocycles. The molecule has 1 saturated heterocycles. The van der Waals surface area contributed by atoms with Crippen molar-refractivity contribution in [1.29, 1.82) is 0 Å². The minimum atomic E-state index is -0.479. The van der Waals surface area contributed by atoms with Crippen molar-refractivity contribution in [2.75, 3.05) is 18.5 Å². The Bertz CT molecular complexity index is 495. The molecule has 1 aromatic rings. The minimum absolute atomic E-state index is 0.00708. The number of carbonyl (C=O) groups excluding carboxylic acids is 1. The number of hydrogen-bond acceptors (Lipinski definition) is 4. The summed E-state index contributed by atoms with van der Waals surface area (Å²) in [5.41, 5.74) is 0.236. The van der Waals surface area contributed by atoms with Crippen LogP contribution in [0, 0.1) is 10.1 Å². The van der Waals surface area contributed by atoms with Crippen molar-refractivity contribution < 1.29 is 14.5 Å². The molecular formula is C13H17N3O4. The molecule has 2 N–H and O–H groups in total. The van der Waals surface area contributed by atoms with Crippen LogP contribution in [0.25, 0.3) is 0 Å². The Labute approximate surface area is 116 Å². The van der Waals surface area contributed by atoms with Gasteiger partial charge in [-0.05, 0) is 31.9 Å². The van der Waals surface area contributed by atoms with Crippen LogP contribution in [0.15, 0.2) is 24.3 Å². The highest BCUT2D eigenvalue weighted by Crippen LogP contribution is 2.20. The topological polar surface area (TPSA) is 93.5 Å². The predicted octanol–water partition coefficient (Wildman–Crippen LogP) is 2.29. The largest absolute Gasteiger partial charge is 0.381 e. The molecule has 0 saturated carbocycles. The Morgan fingerprint density at radius 1 is 1.30 bits per heavy atom. The van der Waals surface area contributed by atoms with Gasteiger partial charge in [-0.3, -0.25) is 10.1 Å². The highest BCUT2D eigenvalue weighted by Gasteiger charge is 2.28. The lowest BCUT2D eigenvalue weighted by atomic mass is 9.93. The number of nitro groups is 1. The van der Waals surface area contributed by atoms with Crippen molar-refractivity contribution in [3.63, 3.8) is 0 Å². The molecule has 2 amide bonds. The standard InChI is InChI=1S/C13H17N3O4/c1-13(6-8-20-9-7-13)15-12(17)14-10-2-4-11(5-3-10)16(18)19/h2-5H,6-9H2,1H3,(H2,14,15,17). The van der Waals surface area contributed by atoms with Gasteiger partial charge in [0.1, 0.15) is 0 Å². The average Bonchev–Trinajstić information content (AvgIpc) is 2.39. The quantitative estimate of drug-likeness (QED) is 0.655. The van der Waals surface area contributed by atoms with Crippen LogP contribution in [-0.2, 0) is 4.74 Å². The zero-order chi connectivity index (χ0) is 14.6. The smallest absolute Gasteiger partial charge is 0.319 e. The number of non-ortho nitro benzene ring substituents is 1. The van der Waals surface area contributed by atoms with Gasteiger partial charge in [-0.2, -0.15) is 0 Å². The molecule has 1 aromatic carbocycles. The lowest BCUT2D eigenvalue weighted by molar-refractivity contribution is -0.384. The number of nitrogens with zero attached hydrogens (tertiary/aromatic N) is 1. The average molecular weight is 279 g/mol. The summed E-state index contributed by atoms with van der Waals surface area (Å²) >= 11 is 0. The first-order chi connectivity index (χ1) is 9.48. The molecule has 20 heavy (non-hydrogen) atoms. The molecule has 1 aliphatic rings. The monoisotopic (exact) mass is 279 g/mol. The summed E-state index contributed by atoms with van der Waals surface area (Å²) in [5, 5.41) is 16.1. The number of ether oxygens (including phenoxy) is 1. The first-order valence-corrected chi connectivity index (χ1v) is 6.40. The van der Waals surface area contributed by atoms with Gasteiger partial charge in [-0.15, -0.1) is 0 Å². The molecular weight excluding hydrogens is 262 g/mol. The third kappa shape index (κ3) is 3.67. The second kappa shape index (κ2) is 5.87. The Morgan fingerprint density at radius 2 is 1.90 bits per heavy atom. The molecule has 0 unspecified atom stereocenters. The van der Waals surface area contributed by atoms with Gasteiger partial charge in [-0.1, -0.05) is 0 Å². The molecule has 7 nitrogen and oxygen atoms in total. The zero-order valence-electron chi connectivity index (χ0n) is 11.2. The molecule has 0 aromatic heterocycles. The second-order valence-electron chi connectivity index (χ2n) is 5.06. The molecule has 7 heteroatoms. The lowest BCUT2D eigenvalue weighted by Gasteiger charge is -2.34.